The van der Waals surface area contributed by atoms with Gasteiger partial charge in [0, 0.05) is 25.4 Å². The molecule has 1 aromatic heterocycles. The molecule has 0 bridgehead atoms. The number of halogens is 2. The lowest BCUT2D eigenvalue weighted by atomic mass is 10.1. The van der Waals surface area contributed by atoms with Crippen LogP contribution in [0.4, 0.5) is 4.39 Å². The molecule has 1 unspecified atom stereocenters. The number of aliphatic imine (C=N–C) groups is 1. The number of benzene rings is 2. The number of aryl methyl sites for hydroxylation is 1. The Morgan fingerprint density at radius 1 is 1.21 bits per heavy atom. The molecule has 1 heterocycles. The van der Waals surface area contributed by atoms with E-state index in [9.17, 15) is 4.39 Å². The van der Waals surface area contributed by atoms with Gasteiger partial charge < -0.3 is 10.6 Å². The van der Waals surface area contributed by atoms with Crippen LogP contribution >= 0.6 is 24.0 Å². The number of para-hydroxylation sites is 1. The normalized spacial score (nSPS) is 12.2. The van der Waals surface area contributed by atoms with E-state index in [2.05, 4.69) is 20.7 Å². The number of guanidine groups is 1. The van der Waals surface area contributed by atoms with Gasteiger partial charge in [0.2, 0.25) is 0 Å². The molecule has 28 heavy (non-hydrogen) atoms. The summed E-state index contributed by atoms with van der Waals surface area (Å²) in [6.45, 7) is 4.32. The van der Waals surface area contributed by atoms with E-state index in [4.69, 9.17) is 0 Å². The second-order valence-electron chi connectivity index (χ2n) is 6.43. The summed E-state index contributed by atoms with van der Waals surface area (Å²) in [4.78, 5) is 4.25. The molecule has 3 rings (SSSR count). The number of hydrogen-bond acceptors (Lipinski definition) is 2. The van der Waals surface area contributed by atoms with Crippen LogP contribution in [0.15, 0.2) is 65.9 Å². The smallest absolute Gasteiger partial charge is 0.191 e. The van der Waals surface area contributed by atoms with Gasteiger partial charge in [-0.3, -0.25) is 4.99 Å². The van der Waals surface area contributed by atoms with Crippen molar-refractivity contribution < 1.29 is 4.39 Å². The van der Waals surface area contributed by atoms with Crippen LogP contribution in [0.5, 0.6) is 0 Å². The summed E-state index contributed by atoms with van der Waals surface area (Å²) in [6.07, 6.45) is 3.81. The Morgan fingerprint density at radius 3 is 2.64 bits per heavy atom. The van der Waals surface area contributed by atoms with Crippen molar-refractivity contribution >= 4 is 29.9 Å². The van der Waals surface area contributed by atoms with Crippen LogP contribution in [0.2, 0.25) is 0 Å². The van der Waals surface area contributed by atoms with E-state index in [1.54, 1.807) is 26.1 Å². The predicted octanol–water partition coefficient (Wildman–Crippen LogP) is 4.36. The number of rotatable bonds is 5. The Balaban J connectivity index is 0.00000280. The molecule has 0 aliphatic rings. The lowest BCUT2D eigenvalue weighted by molar-refractivity contribution is 0.607. The molecule has 0 aliphatic heterocycles. The first-order valence-electron chi connectivity index (χ1n) is 8.89. The quantitative estimate of drug-likeness (QED) is 0.316. The molecule has 0 fully saturated rings. The summed E-state index contributed by atoms with van der Waals surface area (Å²) >= 11 is 0. The average Bonchev–Trinajstić information content (AvgIpc) is 3.17. The number of nitrogens with zero attached hydrogens (tertiary/aromatic N) is 3. The Morgan fingerprint density at radius 2 is 1.96 bits per heavy atom. The molecule has 5 nitrogen and oxygen atoms in total. The molecule has 1 atom stereocenters. The van der Waals surface area contributed by atoms with Gasteiger partial charge in [-0.15, -0.1) is 24.0 Å². The van der Waals surface area contributed by atoms with Crippen LogP contribution in [0, 0.1) is 12.7 Å². The van der Waals surface area contributed by atoms with Crippen LogP contribution in [0.1, 0.15) is 29.7 Å². The zero-order chi connectivity index (χ0) is 19.2. The van der Waals surface area contributed by atoms with Gasteiger partial charge in [0.25, 0.3) is 0 Å². The van der Waals surface area contributed by atoms with Gasteiger partial charge in [0.15, 0.2) is 5.96 Å². The largest absolute Gasteiger partial charge is 0.352 e. The van der Waals surface area contributed by atoms with Crippen LogP contribution in [-0.2, 0) is 6.54 Å². The molecular weight excluding hydrogens is 468 g/mol. The number of aromatic nitrogens is 2. The van der Waals surface area contributed by atoms with Crippen molar-refractivity contribution in [2.24, 2.45) is 4.99 Å². The van der Waals surface area contributed by atoms with Crippen molar-refractivity contribution in [3.63, 3.8) is 0 Å². The molecular formula is C21H25FIN5. The molecule has 3 aromatic rings. The standard InChI is InChI=1S/C21H24FN5.HI/c1-15-9-10-18(11-20(15)22)16(2)26-21(23-3)24-12-17-13-25-27(14-17)19-7-5-4-6-8-19;/h4-11,13-14,16H,12H2,1-3H3,(H2,23,24,26);1H. The first-order valence-corrected chi connectivity index (χ1v) is 8.89. The molecule has 0 amide bonds. The average molecular weight is 493 g/mol. The van der Waals surface area contributed by atoms with E-state index in [0.29, 0.717) is 18.1 Å². The lowest BCUT2D eigenvalue weighted by Crippen LogP contribution is -2.38. The van der Waals surface area contributed by atoms with Gasteiger partial charge in [0.1, 0.15) is 5.82 Å². The Hall–Kier alpha value is -2.42. The molecule has 148 valence electrons. The maximum atomic E-state index is 13.8. The Bertz CT molecular complexity index is 924. The molecule has 2 N–H and O–H groups in total. The van der Waals surface area contributed by atoms with Crippen molar-refractivity contribution in [3.8, 4) is 5.69 Å². The highest BCUT2D eigenvalue weighted by Gasteiger charge is 2.10. The van der Waals surface area contributed by atoms with Crippen molar-refractivity contribution in [1.82, 2.24) is 20.4 Å². The first-order chi connectivity index (χ1) is 13.1. The first kappa shape index (κ1) is 21.9. The van der Waals surface area contributed by atoms with Gasteiger partial charge in [-0.1, -0.05) is 30.3 Å². The minimum absolute atomic E-state index is 0. The van der Waals surface area contributed by atoms with Crippen LogP contribution in [0.25, 0.3) is 5.69 Å². The minimum Gasteiger partial charge on any atom is -0.352 e. The second-order valence-corrected chi connectivity index (χ2v) is 6.43. The fourth-order valence-corrected chi connectivity index (χ4v) is 2.72. The van der Waals surface area contributed by atoms with Gasteiger partial charge in [-0.25, -0.2) is 9.07 Å². The van der Waals surface area contributed by atoms with Gasteiger partial charge in [-0.2, -0.15) is 5.10 Å². The minimum atomic E-state index is -0.197. The summed E-state index contributed by atoms with van der Waals surface area (Å²) in [7, 11) is 1.71. The molecule has 2 aromatic carbocycles. The molecule has 0 spiro atoms. The summed E-state index contributed by atoms with van der Waals surface area (Å²) in [5.41, 5.74) is 3.57. The summed E-state index contributed by atoms with van der Waals surface area (Å²) in [5, 5.41) is 10.9. The highest BCUT2D eigenvalue weighted by molar-refractivity contribution is 14.0. The van der Waals surface area contributed by atoms with Crippen LogP contribution < -0.4 is 10.6 Å². The van der Waals surface area contributed by atoms with E-state index in [1.165, 1.54) is 0 Å². The van der Waals surface area contributed by atoms with Crippen LogP contribution in [0.3, 0.4) is 0 Å². The SMILES string of the molecule is CN=C(NCc1cnn(-c2ccccc2)c1)NC(C)c1ccc(C)c(F)c1.I. The second kappa shape index (κ2) is 10.2. The van der Waals surface area contributed by atoms with Crippen LogP contribution in [-0.4, -0.2) is 22.8 Å². The molecule has 0 radical (unpaired) electrons. The molecule has 7 heteroatoms. The third-order valence-electron chi connectivity index (χ3n) is 4.39. The van der Waals surface area contributed by atoms with E-state index in [-0.39, 0.29) is 35.8 Å². The highest BCUT2D eigenvalue weighted by atomic mass is 127. The topological polar surface area (TPSA) is 54.2 Å². The maximum absolute atomic E-state index is 13.8. The van der Waals surface area contributed by atoms with Gasteiger partial charge >= 0.3 is 0 Å². The van der Waals surface area contributed by atoms with E-state index in [1.807, 2.05) is 60.4 Å². The summed E-state index contributed by atoms with van der Waals surface area (Å²) < 4.78 is 15.6. The summed E-state index contributed by atoms with van der Waals surface area (Å²) in [5.74, 6) is 0.452. The fourth-order valence-electron chi connectivity index (χ4n) is 2.72. The monoisotopic (exact) mass is 493 g/mol. The highest BCUT2D eigenvalue weighted by Crippen LogP contribution is 2.16. The molecule has 0 saturated heterocycles. The van der Waals surface area contributed by atoms with Crippen molar-refractivity contribution in [2.45, 2.75) is 26.4 Å². The van der Waals surface area contributed by atoms with E-state index >= 15 is 0 Å². The Labute approximate surface area is 182 Å². The number of nitrogens with one attached hydrogen (secondary N) is 2. The zero-order valence-corrected chi connectivity index (χ0v) is 18.5. The predicted molar refractivity (Wildman–Crippen MR) is 122 cm³/mol. The van der Waals surface area contributed by atoms with Gasteiger partial charge in [0.05, 0.1) is 17.9 Å². The van der Waals surface area contributed by atoms with Crippen molar-refractivity contribution in [3.05, 3.63) is 83.4 Å². The van der Waals surface area contributed by atoms with Gasteiger partial charge in [-0.05, 0) is 43.2 Å². The third kappa shape index (κ3) is 5.54. The van der Waals surface area contributed by atoms with E-state index < -0.39 is 0 Å². The third-order valence-corrected chi connectivity index (χ3v) is 4.39. The van der Waals surface area contributed by atoms with Crippen molar-refractivity contribution in [2.75, 3.05) is 7.05 Å². The maximum Gasteiger partial charge on any atom is 0.191 e. The number of hydrogen-bond donors (Lipinski definition) is 2. The molecule has 0 saturated carbocycles. The zero-order valence-electron chi connectivity index (χ0n) is 16.2. The van der Waals surface area contributed by atoms with E-state index in [0.717, 1.165) is 16.8 Å². The molecule has 0 aliphatic carbocycles. The van der Waals surface area contributed by atoms with Crippen molar-refractivity contribution in [1.29, 1.82) is 0 Å². The lowest BCUT2D eigenvalue weighted by Gasteiger charge is -2.18. The fraction of sp³-hybridized carbons (Fsp3) is 0.238. The summed E-state index contributed by atoms with van der Waals surface area (Å²) in [6, 6.07) is 15.2. The Kier molecular flexibility index (Phi) is 7.98.